The van der Waals surface area contributed by atoms with Crippen LogP contribution in [-0.2, 0) is 4.74 Å². The first kappa shape index (κ1) is 8.25. The second kappa shape index (κ2) is 7.25. The quantitative estimate of drug-likeness (QED) is 0.415. The fraction of sp³-hybridized carbons (Fsp3) is 1.00. The molecule has 0 heterocycles. The van der Waals surface area contributed by atoms with E-state index in [1.807, 2.05) is 0 Å². The lowest BCUT2D eigenvalue weighted by molar-refractivity contribution is 0.136. The number of rotatable bonds is 5. The maximum Gasteiger partial charge on any atom is 0.0477 e. The van der Waals surface area contributed by atoms with Crippen molar-refractivity contribution in [1.29, 1.82) is 0 Å². The van der Waals surface area contributed by atoms with Crippen molar-refractivity contribution in [3.8, 4) is 0 Å². The van der Waals surface area contributed by atoms with E-state index < -0.39 is 0 Å². The lowest BCUT2D eigenvalue weighted by Gasteiger charge is -1.97. The molecular formula is C6H13ClO. The van der Waals surface area contributed by atoms with E-state index in [0.717, 1.165) is 26.1 Å². The monoisotopic (exact) mass is 136 g/mol. The van der Waals surface area contributed by atoms with Gasteiger partial charge in [-0.15, -0.1) is 11.6 Å². The van der Waals surface area contributed by atoms with Crippen LogP contribution in [0.4, 0.5) is 0 Å². The molecule has 0 bridgehead atoms. The van der Waals surface area contributed by atoms with E-state index in [1.54, 1.807) is 0 Å². The van der Waals surface area contributed by atoms with E-state index in [9.17, 15) is 0 Å². The SMILES string of the molecule is CCCOCCCCl. The Hall–Kier alpha value is 0.250. The average molecular weight is 137 g/mol. The summed E-state index contributed by atoms with van der Waals surface area (Å²) in [6.45, 7) is 3.79. The third-order valence-electron chi connectivity index (χ3n) is 0.771. The topological polar surface area (TPSA) is 9.23 Å². The van der Waals surface area contributed by atoms with Crippen molar-refractivity contribution in [2.24, 2.45) is 0 Å². The highest BCUT2D eigenvalue weighted by Crippen LogP contribution is 1.86. The third-order valence-corrected chi connectivity index (χ3v) is 1.04. The molecule has 0 saturated heterocycles. The predicted octanol–water partition coefficient (Wildman–Crippen LogP) is 2.04. The summed E-state index contributed by atoms with van der Waals surface area (Å²) in [6, 6.07) is 0. The number of hydrogen-bond acceptors (Lipinski definition) is 1. The molecule has 0 saturated carbocycles. The first-order valence-corrected chi connectivity index (χ1v) is 3.59. The van der Waals surface area contributed by atoms with Gasteiger partial charge in [-0.3, -0.25) is 0 Å². The predicted molar refractivity (Wildman–Crippen MR) is 36.4 cm³/mol. The van der Waals surface area contributed by atoms with Crippen LogP contribution in [-0.4, -0.2) is 19.1 Å². The molecule has 0 amide bonds. The summed E-state index contributed by atoms with van der Waals surface area (Å²) in [5.41, 5.74) is 0. The van der Waals surface area contributed by atoms with Gasteiger partial charge in [-0.25, -0.2) is 0 Å². The van der Waals surface area contributed by atoms with Crippen molar-refractivity contribution in [3.63, 3.8) is 0 Å². The van der Waals surface area contributed by atoms with Gasteiger partial charge in [0.2, 0.25) is 0 Å². The Kier molecular flexibility index (Phi) is 7.48. The van der Waals surface area contributed by atoms with Gasteiger partial charge in [-0.2, -0.15) is 0 Å². The normalized spacial score (nSPS) is 9.75. The molecule has 0 fully saturated rings. The summed E-state index contributed by atoms with van der Waals surface area (Å²) in [5.74, 6) is 0.712. The zero-order chi connectivity index (χ0) is 6.24. The van der Waals surface area contributed by atoms with E-state index in [4.69, 9.17) is 16.3 Å². The number of halogens is 1. The van der Waals surface area contributed by atoms with Crippen molar-refractivity contribution in [2.75, 3.05) is 19.1 Å². The minimum atomic E-state index is 0.712. The lowest BCUT2D eigenvalue weighted by atomic mass is 10.5. The summed E-state index contributed by atoms with van der Waals surface area (Å²) in [6.07, 6.45) is 2.07. The largest absolute Gasteiger partial charge is 0.381 e. The van der Waals surface area contributed by atoms with Crippen LogP contribution in [0, 0.1) is 0 Å². The van der Waals surface area contributed by atoms with Crippen LogP contribution in [0.5, 0.6) is 0 Å². The molecule has 0 N–H and O–H groups in total. The molecule has 0 aromatic rings. The fourth-order valence-corrected chi connectivity index (χ4v) is 0.512. The van der Waals surface area contributed by atoms with E-state index in [2.05, 4.69) is 6.92 Å². The van der Waals surface area contributed by atoms with Crippen molar-refractivity contribution in [1.82, 2.24) is 0 Å². The van der Waals surface area contributed by atoms with Crippen LogP contribution in [0.15, 0.2) is 0 Å². The molecule has 0 unspecified atom stereocenters. The van der Waals surface area contributed by atoms with E-state index in [1.165, 1.54) is 0 Å². The van der Waals surface area contributed by atoms with Crippen molar-refractivity contribution in [3.05, 3.63) is 0 Å². The van der Waals surface area contributed by atoms with Crippen LogP contribution in [0.2, 0.25) is 0 Å². The highest BCUT2D eigenvalue weighted by molar-refractivity contribution is 6.17. The Labute approximate surface area is 56.0 Å². The summed E-state index contributed by atoms with van der Waals surface area (Å²) >= 11 is 5.40. The summed E-state index contributed by atoms with van der Waals surface area (Å²) in [5, 5.41) is 0. The van der Waals surface area contributed by atoms with Gasteiger partial charge < -0.3 is 4.74 Å². The van der Waals surface area contributed by atoms with Crippen LogP contribution < -0.4 is 0 Å². The third kappa shape index (κ3) is 6.25. The van der Waals surface area contributed by atoms with Gasteiger partial charge in [0.05, 0.1) is 0 Å². The molecule has 0 radical (unpaired) electrons. The van der Waals surface area contributed by atoms with Gasteiger partial charge in [0.1, 0.15) is 0 Å². The summed E-state index contributed by atoms with van der Waals surface area (Å²) < 4.78 is 5.14. The molecule has 0 spiro atoms. The minimum absolute atomic E-state index is 0.712. The molecule has 0 aliphatic heterocycles. The van der Waals surface area contributed by atoms with Gasteiger partial charge in [0.15, 0.2) is 0 Å². The molecule has 50 valence electrons. The Balaban J connectivity index is 2.53. The average Bonchev–Trinajstić information content (AvgIpc) is 1.81. The molecule has 0 aromatic heterocycles. The molecule has 0 atom stereocenters. The zero-order valence-electron chi connectivity index (χ0n) is 5.32. The van der Waals surface area contributed by atoms with Gasteiger partial charge >= 0.3 is 0 Å². The summed E-state index contributed by atoms with van der Waals surface area (Å²) in [7, 11) is 0. The highest BCUT2D eigenvalue weighted by atomic mass is 35.5. The lowest BCUT2D eigenvalue weighted by Crippen LogP contribution is -1.95. The molecular weight excluding hydrogens is 124 g/mol. The first-order chi connectivity index (χ1) is 3.91. The second-order valence-electron chi connectivity index (χ2n) is 1.65. The standard InChI is InChI=1S/C6H13ClO/c1-2-5-8-6-3-4-7/h2-6H2,1H3. The van der Waals surface area contributed by atoms with Crippen molar-refractivity contribution >= 4 is 11.6 Å². The highest BCUT2D eigenvalue weighted by Gasteiger charge is 1.82. The minimum Gasteiger partial charge on any atom is -0.381 e. The molecule has 0 aliphatic carbocycles. The smallest absolute Gasteiger partial charge is 0.0477 e. The second-order valence-corrected chi connectivity index (χ2v) is 2.03. The van der Waals surface area contributed by atoms with Crippen LogP contribution in [0.25, 0.3) is 0 Å². The van der Waals surface area contributed by atoms with Gasteiger partial charge in [0, 0.05) is 19.1 Å². The van der Waals surface area contributed by atoms with Gasteiger partial charge in [-0.05, 0) is 12.8 Å². The van der Waals surface area contributed by atoms with Crippen molar-refractivity contribution in [2.45, 2.75) is 19.8 Å². The number of ether oxygens (including phenoxy) is 1. The number of alkyl halides is 1. The Morgan fingerprint density at radius 3 is 2.62 bits per heavy atom. The molecule has 0 aromatic carbocycles. The van der Waals surface area contributed by atoms with Gasteiger partial charge in [-0.1, -0.05) is 6.92 Å². The number of hydrogen-bond donors (Lipinski definition) is 0. The maximum atomic E-state index is 5.40. The Morgan fingerprint density at radius 2 is 2.12 bits per heavy atom. The van der Waals surface area contributed by atoms with Gasteiger partial charge in [0.25, 0.3) is 0 Å². The van der Waals surface area contributed by atoms with Crippen LogP contribution in [0.1, 0.15) is 19.8 Å². The van der Waals surface area contributed by atoms with E-state index in [-0.39, 0.29) is 0 Å². The van der Waals surface area contributed by atoms with Crippen LogP contribution >= 0.6 is 11.6 Å². The molecule has 8 heavy (non-hydrogen) atoms. The maximum absolute atomic E-state index is 5.40. The van der Waals surface area contributed by atoms with Crippen molar-refractivity contribution < 1.29 is 4.74 Å². The molecule has 2 heteroatoms. The Bertz CT molecular complexity index is 33.5. The van der Waals surface area contributed by atoms with Crippen LogP contribution in [0.3, 0.4) is 0 Å². The zero-order valence-corrected chi connectivity index (χ0v) is 6.08. The van der Waals surface area contributed by atoms with E-state index in [0.29, 0.717) is 5.88 Å². The fourth-order valence-electron chi connectivity index (χ4n) is 0.403. The Morgan fingerprint density at radius 1 is 1.38 bits per heavy atom. The summed E-state index contributed by atoms with van der Waals surface area (Å²) in [4.78, 5) is 0. The molecule has 1 nitrogen and oxygen atoms in total. The molecule has 0 rings (SSSR count). The first-order valence-electron chi connectivity index (χ1n) is 3.05. The van der Waals surface area contributed by atoms with E-state index >= 15 is 0 Å². The molecule has 0 aliphatic rings.